The molecule has 2 aliphatic rings. The normalized spacial score (nSPS) is 20.0. The number of hydrogen-bond acceptors (Lipinski definition) is 7. The largest absolute Gasteiger partial charge is 0.497 e. The SMILES string of the molecule is CCOC(=O)C1CCN(CC2=C(C(=O)OC)[C@H](c3cccc(OC)c3)NC(=O)N2)CC1. The van der Waals surface area contributed by atoms with Crippen LogP contribution in [0.1, 0.15) is 31.4 Å². The van der Waals surface area contributed by atoms with Crippen LogP contribution in [0.25, 0.3) is 0 Å². The van der Waals surface area contributed by atoms with Crippen molar-refractivity contribution in [2.24, 2.45) is 5.92 Å². The third-order valence-corrected chi connectivity index (χ3v) is 5.58. The van der Waals surface area contributed by atoms with Crippen molar-refractivity contribution in [2.45, 2.75) is 25.8 Å². The quantitative estimate of drug-likeness (QED) is 0.634. The summed E-state index contributed by atoms with van der Waals surface area (Å²) < 4.78 is 15.4. The molecule has 2 N–H and O–H groups in total. The maximum Gasteiger partial charge on any atom is 0.338 e. The zero-order valence-corrected chi connectivity index (χ0v) is 18.1. The van der Waals surface area contributed by atoms with E-state index in [-0.39, 0.29) is 11.9 Å². The summed E-state index contributed by atoms with van der Waals surface area (Å²) >= 11 is 0. The van der Waals surface area contributed by atoms with Crippen LogP contribution in [-0.2, 0) is 19.1 Å². The Morgan fingerprint density at radius 2 is 1.94 bits per heavy atom. The van der Waals surface area contributed by atoms with Crippen molar-refractivity contribution in [1.82, 2.24) is 15.5 Å². The number of nitrogens with zero attached hydrogens (tertiary/aromatic N) is 1. The van der Waals surface area contributed by atoms with E-state index in [4.69, 9.17) is 14.2 Å². The summed E-state index contributed by atoms with van der Waals surface area (Å²) in [4.78, 5) is 39.2. The van der Waals surface area contributed by atoms with Crippen LogP contribution in [-0.4, -0.2) is 63.3 Å². The lowest BCUT2D eigenvalue weighted by atomic mass is 9.93. The molecule has 1 aromatic rings. The third-order valence-electron chi connectivity index (χ3n) is 5.58. The van der Waals surface area contributed by atoms with E-state index in [0.29, 0.717) is 61.7 Å². The zero-order chi connectivity index (χ0) is 22.4. The highest BCUT2D eigenvalue weighted by Gasteiger charge is 2.35. The van der Waals surface area contributed by atoms with Crippen LogP contribution in [0.15, 0.2) is 35.5 Å². The van der Waals surface area contributed by atoms with Gasteiger partial charge in [0.25, 0.3) is 0 Å². The van der Waals surface area contributed by atoms with Gasteiger partial charge in [-0.05, 0) is 50.6 Å². The van der Waals surface area contributed by atoms with E-state index in [1.807, 2.05) is 6.07 Å². The molecule has 1 saturated heterocycles. The summed E-state index contributed by atoms with van der Waals surface area (Å²) in [6.07, 6.45) is 1.34. The lowest BCUT2D eigenvalue weighted by Gasteiger charge is -2.34. The number of esters is 2. The predicted molar refractivity (Wildman–Crippen MR) is 112 cm³/mol. The third kappa shape index (κ3) is 5.35. The molecule has 0 spiro atoms. The second-order valence-electron chi connectivity index (χ2n) is 7.49. The van der Waals surface area contributed by atoms with Crippen molar-refractivity contribution in [3.8, 4) is 5.75 Å². The highest BCUT2D eigenvalue weighted by Crippen LogP contribution is 2.30. The fourth-order valence-electron chi connectivity index (χ4n) is 3.98. The second-order valence-corrected chi connectivity index (χ2v) is 7.49. The molecule has 9 nitrogen and oxygen atoms in total. The standard InChI is InChI=1S/C22H29N3O6/c1-4-31-20(26)14-8-10-25(11-9-14)13-17-18(21(27)30-3)19(24-22(28)23-17)15-6-5-7-16(12-15)29-2/h5-7,12,14,19H,4,8-11,13H2,1-3H3,(H2,23,24,28)/t19-/m0/s1. The Morgan fingerprint density at radius 3 is 2.58 bits per heavy atom. The molecule has 2 amide bonds. The van der Waals surface area contributed by atoms with Crippen LogP contribution in [0.2, 0.25) is 0 Å². The fourth-order valence-corrected chi connectivity index (χ4v) is 3.98. The van der Waals surface area contributed by atoms with Crippen molar-refractivity contribution in [1.29, 1.82) is 0 Å². The number of likely N-dealkylation sites (tertiary alicyclic amines) is 1. The molecule has 0 bridgehead atoms. The van der Waals surface area contributed by atoms with Crippen LogP contribution in [0, 0.1) is 5.92 Å². The molecule has 1 aromatic carbocycles. The van der Waals surface area contributed by atoms with Gasteiger partial charge < -0.3 is 24.8 Å². The zero-order valence-electron chi connectivity index (χ0n) is 18.1. The van der Waals surface area contributed by atoms with Crippen LogP contribution in [0.4, 0.5) is 4.79 Å². The van der Waals surface area contributed by atoms with Crippen LogP contribution >= 0.6 is 0 Å². The number of piperidine rings is 1. The molecular weight excluding hydrogens is 402 g/mol. The van der Waals surface area contributed by atoms with Gasteiger partial charge in [-0.2, -0.15) is 0 Å². The van der Waals surface area contributed by atoms with Gasteiger partial charge in [-0.1, -0.05) is 12.1 Å². The molecule has 31 heavy (non-hydrogen) atoms. The number of carbonyl (C=O) groups is 3. The van der Waals surface area contributed by atoms with E-state index < -0.39 is 18.0 Å². The smallest absolute Gasteiger partial charge is 0.338 e. The average Bonchev–Trinajstić information content (AvgIpc) is 2.79. The summed E-state index contributed by atoms with van der Waals surface area (Å²) in [7, 11) is 2.87. The molecule has 1 fully saturated rings. The number of hydrogen-bond donors (Lipinski definition) is 2. The number of urea groups is 1. The Labute approximate surface area is 181 Å². The van der Waals surface area contributed by atoms with Crippen LogP contribution in [0.3, 0.4) is 0 Å². The maximum atomic E-state index is 12.7. The summed E-state index contributed by atoms with van der Waals surface area (Å²) in [6, 6.07) is 6.14. The van der Waals surface area contributed by atoms with Crippen LogP contribution in [0.5, 0.6) is 5.75 Å². The van der Waals surface area contributed by atoms with E-state index in [0.717, 1.165) is 0 Å². The van der Waals surface area contributed by atoms with E-state index in [9.17, 15) is 14.4 Å². The van der Waals surface area contributed by atoms with Gasteiger partial charge in [0.2, 0.25) is 0 Å². The van der Waals surface area contributed by atoms with Crippen molar-refractivity contribution in [3.63, 3.8) is 0 Å². The number of rotatable bonds is 7. The molecule has 0 aliphatic carbocycles. The molecular formula is C22H29N3O6. The molecule has 0 unspecified atom stereocenters. The van der Waals surface area contributed by atoms with Gasteiger partial charge in [0.15, 0.2) is 0 Å². The first-order chi connectivity index (χ1) is 15.0. The summed E-state index contributed by atoms with van der Waals surface area (Å²) in [6.45, 7) is 3.86. The minimum Gasteiger partial charge on any atom is -0.497 e. The second kappa shape index (κ2) is 10.3. The predicted octanol–water partition coefficient (Wildman–Crippen LogP) is 1.75. The van der Waals surface area contributed by atoms with Crippen molar-refractivity contribution in [2.75, 3.05) is 40.5 Å². The number of benzene rings is 1. The topological polar surface area (TPSA) is 106 Å². The molecule has 3 rings (SSSR count). The number of ether oxygens (including phenoxy) is 3. The van der Waals surface area contributed by atoms with Gasteiger partial charge in [-0.25, -0.2) is 9.59 Å². The van der Waals surface area contributed by atoms with Gasteiger partial charge in [0, 0.05) is 12.2 Å². The summed E-state index contributed by atoms with van der Waals surface area (Å²) in [5.41, 5.74) is 1.56. The van der Waals surface area contributed by atoms with E-state index >= 15 is 0 Å². The monoisotopic (exact) mass is 431 g/mol. The summed E-state index contributed by atoms with van der Waals surface area (Å²) in [5, 5.41) is 5.58. The molecule has 2 heterocycles. The molecule has 2 aliphatic heterocycles. The maximum absolute atomic E-state index is 12.7. The molecule has 0 radical (unpaired) electrons. The highest BCUT2D eigenvalue weighted by atomic mass is 16.5. The first-order valence-corrected chi connectivity index (χ1v) is 10.4. The van der Waals surface area contributed by atoms with Gasteiger partial charge in [-0.15, -0.1) is 0 Å². The van der Waals surface area contributed by atoms with Gasteiger partial charge in [0.1, 0.15) is 5.75 Å². The molecule has 168 valence electrons. The molecule has 0 aromatic heterocycles. The Kier molecular flexibility index (Phi) is 7.51. The number of amides is 2. The Morgan fingerprint density at radius 1 is 1.19 bits per heavy atom. The summed E-state index contributed by atoms with van der Waals surface area (Å²) in [5.74, 6) is -0.170. The number of carbonyl (C=O) groups excluding carboxylic acids is 3. The van der Waals surface area contributed by atoms with Crippen molar-refractivity contribution < 1.29 is 28.6 Å². The highest BCUT2D eigenvalue weighted by molar-refractivity contribution is 5.95. The molecule has 9 heteroatoms. The Bertz CT molecular complexity index is 861. The molecule has 1 atom stereocenters. The lowest BCUT2D eigenvalue weighted by molar-refractivity contribution is -0.149. The van der Waals surface area contributed by atoms with Gasteiger partial charge in [-0.3, -0.25) is 9.69 Å². The first-order valence-electron chi connectivity index (χ1n) is 10.4. The van der Waals surface area contributed by atoms with Gasteiger partial charge >= 0.3 is 18.0 Å². The van der Waals surface area contributed by atoms with Crippen LogP contribution < -0.4 is 15.4 Å². The average molecular weight is 431 g/mol. The fraction of sp³-hybridized carbons (Fsp3) is 0.500. The Hall–Kier alpha value is -3.07. The minimum atomic E-state index is -0.664. The Balaban J connectivity index is 1.83. The number of methoxy groups -OCH3 is 2. The minimum absolute atomic E-state index is 0.114. The van der Waals surface area contributed by atoms with Gasteiger partial charge in [0.05, 0.1) is 38.4 Å². The van der Waals surface area contributed by atoms with Crippen molar-refractivity contribution in [3.05, 3.63) is 41.1 Å². The molecule has 0 saturated carbocycles. The lowest BCUT2D eigenvalue weighted by Crippen LogP contribution is -2.49. The van der Waals surface area contributed by atoms with Crippen molar-refractivity contribution >= 4 is 18.0 Å². The van der Waals surface area contributed by atoms with E-state index in [1.54, 1.807) is 32.2 Å². The van der Waals surface area contributed by atoms with E-state index in [1.165, 1.54) is 7.11 Å². The number of nitrogens with one attached hydrogen (secondary N) is 2. The first kappa shape index (κ1) is 22.6. The van der Waals surface area contributed by atoms with E-state index in [2.05, 4.69) is 15.5 Å².